The summed E-state index contributed by atoms with van der Waals surface area (Å²) in [6.45, 7) is 0. The monoisotopic (exact) mass is 373 g/mol. The molecule has 0 aromatic heterocycles. The molecular formula is C14H13Cl2N3O3S. The van der Waals surface area contributed by atoms with Crippen molar-refractivity contribution in [3.05, 3.63) is 52.5 Å². The van der Waals surface area contributed by atoms with E-state index in [1.807, 2.05) is 0 Å². The van der Waals surface area contributed by atoms with E-state index >= 15 is 0 Å². The predicted octanol–water partition coefficient (Wildman–Crippen LogP) is 3.55. The SMILES string of the molecule is CNC(=O)Nc1ccc(NS(=O)(=O)c2ccc(Cl)c(Cl)c2)cc1. The maximum absolute atomic E-state index is 12.3. The largest absolute Gasteiger partial charge is 0.341 e. The first-order chi connectivity index (χ1) is 10.8. The zero-order chi connectivity index (χ0) is 17.0. The van der Waals surface area contributed by atoms with Gasteiger partial charge in [-0.2, -0.15) is 0 Å². The van der Waals surface area contributed by atoms with Crippen LogP contribution in [0.25, 0.3) is 0 Å². The van der Waals surface area contributed by atoms with E-state index in [1.165, 1.54) is 37.4 Å². The number of halogens is 2. The Kier molecular flexibility index (Phi) is 5.35. The average molecular weight is 374 g/mol. The summed E-state index contributed by atoms with van der Waals surface area (Å²) >= 11 is 11.6. The zero-order valence-corrected chi connectivity index (χ0v) is 14.3. The maximum atomic E-state index is 12.3. The molecule has 0 saturated heterocycles. The highest BCUT2D eigenvalue weighted by atomic mass is 35.5. The number of benzene rings is 2. The first-order valence-electron chi connectivity index (χ1n) is 6.38. The van der Waals surface area contributed by atoms with Crippen molar-refractivity contribution in [1.29, 1.82) is 0 Å². The number of urea groups is 1. The van der Waals surface area contributed by atoms with Gasteiger partial charge in [-0.25, -0.2) is 13.2 Å². The van der Waals surface area contributed by atoms with Crippen LogP contribution in [0.2, 0.25) is 10.0 Å². The lowest BCUT2D eigenvalue weighted by atomic mass is 10.3. The molecule has 0 saturated carbocycles. The van der Waals surface area contributed by atoms with Crippen molar-refractivity contribution in [2.45, 2.75) is 4.90 Å². The molecule has 0 aliphatic heterocycles. The molecule has 0 radical (unpaired) electrons. The number of anilines is 2. The van der Waals surface area contributed by atoms with E-state index in [-0.39, 0.29) is 21.0 Å². The van der Waals surface area contributed by atoms with E-state index in [4.69, 9.17) is 23.2 Å². The summed E-state index contributed by atoms with van der Waals surface area (Å²) in [6, 6.07) is 9.87. The topological polar surface area (TPSA) is 87.3 Å². The number of carbonyl (C=O) groups excluding carboxylic acids is 1. The van der Waals surface area contributed by atoms with Gasteiger partial charge in [0, 0.05) is 18.4 Å². The highest BCUT2D eigenvalue weighted by Gasteiger charge is 2.15. The van der Waals surface area contributed by atoms with Crippen molar-refractivity contribution < 1.29 is 13.2 Å². The fraction of sp³-hybridized carbons (Fsp3) is 0.0714. The Morgan fingerprint density at radius 2 is 1.57 bits per heavy atom. The van der Waals surface area contributed by atoms with Gasteiger partial charge in [-0.15, -0.1) is 0 Å². The van der Waals surface area contributed by atoms with Crippen molar-refractivity contribution in [2.75, 3.05) is 17.1 Å². The van der Waals surface area contributed by atoms with Gasteiger partial charge in [0.1, 0.15) is 0 Å². The van der Waals surface area contributed by atoms with Crippen LogP contribution in [0.3, 0.4) is 0 Å². The number of rotatable bonds is 4. The zero-order valence-electron chi connectivity index (χ0n) is 11.9. The molecule has 0 unspecified atom stereocenters. The lowest BCUT2D eigenvalue weighted by Gasteiger charge is -2.10. The number of carbonyl (C=O) groups is 1. The summed E-state index contributed by atoms with van der Waals surface area (Å²) in [6.07, 6.45) is 0. The van der Waals surface area contributed by atoms with Gasteiger partial charge in [-0.3, -0.25) is 4.72 Å². The van der Waals surface area contributed by atoms with Crippen LogP contribution in [-0.4, -0.2) is 21.5 Å². The molecule has 122 valence electrons. The Labute approximate surface area is 143 Å². The molecule has 2 aromatic rings. The van der Waals surface area contributed by atoms with Gasteiger partial charge in [0.15, 0.2) is 0 Å². The Balaban J connectivity index is 2.17. The molecule has 0 bridgehead atoms. The Morgan fingerprint density at radius 1 is 0.957 bits per heavy atom. The molecule has 6 nitrogen and oxygen atoms in total. The second kappa shape index (κ2) is 7.08. The highest BCUT2D eigenvalue weighted by Crippen LogP contribution is 2.26. The molecule has 3 N–H and O–H groups in total. The number of hydrogen-bond donors (Lipinski definition) is 3. The van der Waals surface area contributed by atoms with Gasteiger partial charge >= 0.3 is 6.03 Å². The van der Waals surface area contributed by atoms with Crippen LogP contribution in [0.15, 0.2) is 47.4 Å². The van der Waals surface area contributed by atoms with Crippen LogP contribution in [-0.2, 0) is 10.0 Å². The third-order valence-corrected chi connectivity index (χ3v) is 4.94. The minimum Gasteiger partial charge on any atom is -0.341 e. The smallest absolute Gasteiger partial charge is 0.318 e. The van der Waals surface area contributed by atoms with Crippen LogP contribution in [0, 0.1) is 0 Å². The normalized spacial score (nSPS) is 10.9. The fourth-order valence-corrected chi connectivity index (χ4v) is 3.12. The van der Waals surface area contributed by atoms with E-state index < -0.39 is 10.0 Å². The highest BCUT2D eigenvalue weighted by molar-refractivity contribution is 7.92. The van der Waals surface area contributed by atoms with Crippen LogP contribution in [0.1, 0.15) is 0 Å². The number of hydrogen-bond acceptors (Lipinski definition) is 3. The molecule has 0 spiro atoms. The summed E-state index contributed by atoms with van der Waals surface area (Å²) in [5, 5.41) is 5.41. The fourth-order valence-electron chi connectivity index (χ4n) is 1.67. The Morgan fingerprint density at radius 3 is 2.13 bits per heavy atom. The van der Waals surface area contributed by atoms with E-state index in [9.17, 15) is 13.2 Å². The standard InChI is InChI=1S/C14H13Cl2N3O3S/c1-17-14(20)18-9-2-4-10(5-3-9)19-23(21,22)11-6-7-12(15)13(16)8-11/h2-8,19H,1H3,(H2,17,18,20). The molecular weight excluding hydrogens is 361 g/mol. The minimum absolute atomic E-state index is 0.000498. The molecule has 0 aliphatic carbocycles. The lowest BCUT2D eigenvalue weighted by molar-refractivity contribution is 0.254. The first kappa shape index (κ1) is 17.4. The van der Waals surface area contributed by atoms with Gasteiger partial charge in [0.2, 0.25) is 0 Å². The summed E-state index contributed by atoms with van der Waals surface area (Å²) < 4.78 is 27.0. The van der Waals surface area contributed by atoms with E-state index in [2.05, 4.69) is 15.4 Å². The van der Waals surface area contributed by atoms with Gasteiger partial charge in [0.05, 0.1) is 14.9 Å². The quantitative estimate of drug-likeness (QED) is 0.765. The molecule has 2 amide bonds. The summed E-state index contributed by atoms with van der Waals surface area (Å²) in [5.74, 6) is 0. The molecule has 9 heteroatoms. The second-order valence-electron chi connectivity index (χ2n) is 4.46. The van der Waals surface area contributed by atoms with Crippen molar-refractivity contribution in [1.82, 2.24) is 5.32 Å². The second-order valence-corrected chi connectivity index (χ2v) is 6.96. The van der Waals surface area contributed by atoms with Crippen molar-refractivity contribution in [2.24, 2.45) is 0 Å². The van der Waals surface area contributed by atoms with E-state index in [0.717, 1.165) is 0 Å². The van der Waals surface area contributed by atoms with Crippen molar-refractivity contribution >= 4 is 50.6 Å². The van der Waals surface area contributed by atoms with Gasteiger partial charge < -0.3 is 10.6 Å². The molecule has 0 fully saturated rings. The summed E-state index contributed by atoms with van der Waals surface area (Å²) in [4.78, 5) is 11.2. The molecule has 23 heavy (non-hydrogen) atoms. The van der Waals surface area contributed by atoms with E-state index in [1.54, 1.807) is 12.1 Å². The lowest BCUT2D eigenvalue weighted by Crippen LogP contribution is -2.24. The maximum Gasteiger partial charge on any atom is 0.318 e. The number of sulfonamides is 1. The molecule has 0 atom stereocenters. The third kappa shape index (κ3) is 4.51. The number of amides is 2. The third-order valence-electron chi connectivity index (χ3n) is 2.82. The van der Waals surface area contributed by atoms with Crippen LogP contribution < -0.4 is 15.4 Å². The van der Waals surface area contributed by atoms with Gasteiger partial charge in [-0.05, 0) is 42.5 Å². The Bertz CT molecular complexity index is 824. The predicted molar refractivity (Wildman–Crippen MR) is 91.8 cm³/mol. The summed E-state index contributed by atoms with van der Waals surface area (Å²) in [7, 11) is -2.29. The van der Waals surface area contributed by atoms with Crippen molar-refractivity contribution in [3.63, 3.8) is 0 Å². The Hall–Kier alpha value is -1.96. The first-order valence-corrected chi connectivity index (χ1v) is 8.62. The van der Waals surface area contributed by atoms with Crippen molar-refractivity contribution in [3.8, 4) is 0 Å². The van der Waals surface area contributed by atoms with Crippen LogP contribution >= 0.6 is 23.2 Å². The molecule has 2 rings (SSSR count). The molecule has 0 aliphatic rings. The van der Waals surface area contributed by atoms with Crippen LogP contribution in [0.5, 0.6) is 0 Å². The molecule has 0 heterocycles. The van der Waals surface area contributed by atoms with Gasteiger partial charge in [-0.1, -0.05) is 23.2 Å². The molecule has 2 aromatic carbocycles. The number of nitrogens with one attached hydrogen (secondary N) is 3. The van der Waals surface area contributed by atoms with Crippen LogP contribution in [0.4, 0.5) is 16.2 Å². The van der Waals surface area contributed by atoms with Gasteiger partial charge in [0.25, 0.3) is 10.0 Å². The average Bonchev–Trinajstić information content (AvgIpc) is 2.51. The minimum atomic E-state index is -3.79. The summed E-state index contributed by atoms with van der Waals surface area (Å²) in [5.41, 5.74) is 0.875. The van der Waals surface area contributed by atoms with E-state index in [0.29, 0.717) is 11.4 Å².